The highest BCUT2D eigenvalue weighted by Gasteiger charge is 2.59. The van der Waals surface area contributed by atoms with Crippen LogP contribution in [0.1, 0.15) is 52.9 Å². The van der Waals surface area contributed by atoms with Crippen molar-refractivity contribution in [2.45, 2.75) is 64.6 Å². The van der Waals surface area contributed by atoms with Gasteiger partial charge in [-0.1, -0.05) is 26.8 Å². The highest BCUT2D eigenvalue weighted by atomic mass is 16.6. The van der Waals surface area contributed by atoms with Gasteiger partial charge in [0.15, 0.2) is 6.23 Å². The van der Waals surface area contributed by atoms with Gasteiger partial charge in [0.2, 0.25) is 0 Å². The molecule has 0 bridgehead atoms. The molecule has 0 radical (unpaired) electrons. The summed E-state index contributed by atoms with van der Waals surface area (Å²) in [7, 11) is 0. The Morgan fingerprint density at radius 3 is 2.89 bits per heavy atom. The Labute approximate surface area is 110 Å². The van der Waals surface area contributed by atoms with Crippen LogP contribution in [0.3, 0.4) is 0 Å². The van der Waals surface area contributed by atoms with E-state index in [9.17, 15) is 4.79 Å². The van der Waals surface area contributed by atoms with Crippen molar-refractivity contribution >= 4 is 5.97 Å². The van der Waals surface area contributed by atoms with E-state index in [4.69, 9.17) is 4.74 Å². The van der Waals surface area contributed by atoms with Gasteiger partial charge in [-0.25, -0.2) is 4.79 Å². The number of cyclic esters (lactones) is 1. The summed E-state index contributed by atoms with van der Waals surface area (Å²) in [5.41, 5.74) is -0.346. The van der Waals surface area contributed by atoms with Crippen LogP contribution in [-0.2, 0) is 9.53 Å². The second-order valence-corrected chi connectivity index (χ2v) is 6.63. The largest absolute Gasteiger partial charge is 0.444 e. The van der Waals surface area contributed by atoms with Crippen LogP contribution in [0.2, 0.25) is 0 Å². The topological polar surface area (TPSA) is 29.5 Å². The van der Waals surface area contributed by atoms with Gasteiger partial charge >= 0.3 is 5.97 Å². The first kappa shape index (κ1) is 13.6. The smallest absolute Gasteiger partial charge is 0.328 e. The van der Waals surface area contributed by atoms with Crippen LogP contribution in [0, 0.1) is 5.41 Å². The molecule has 2 heterocycles. The van der Waals surface area contributed by atoms with Gasteiger partial charge in [0.25, 0.3) is 0 Å². The van der Waals surface area contributed by atoms with Gasteiger partial charge in [0.1, 0.15) is 5.54 Å². The summed E-state index contributed by atoms with van der Waals surface area (Å²) in [6.45, 7) is 11.2. The van der Waals surface area contributed by atoms with E-state index >= 15 is 0 Å². The summed E-state index contributed by atoms with van der Waals surface area (Å²) < 4.78 is 5.69. The molecular formula is C15H25NO2. The van der Waals surface area contributed by atoms with Crippen LogP contribution in [0.5, 0.6) is 0 Å². The lowest BCUT2D eigenvalue weighted by Gasteiger charge is -2.35. The number of allylic oxidation sites excluding steroid dienone is 1. The van der Waals surface area contributed by atoms with Crippen LogP contribution in [-0.4, -0.2) is 29.2 Å². The fourth-order valence-corrected chi connectivity index (χ4v) is 3.29. The Morgan fingerprint density at radius 2 is 2.28 bits per heavy atom. The molecule has 2 atom stereocenters. The number of carbonyl (C=O) groups excluding carboxylic acids is 1. The van der Waals surface area contributed by atoms with Gasteiger partial charge in [-0.05, 0) is 32.1 Å². The minimum Gasteiger partial charge on any atom is -0.444 e. The van der Waals surface area contributed by atoms with E-state index in [-0.39, 0.29) is 23.2 Å². The zero-order valence-corrected chi connectivity index (χ0v) is 11.9. The molecule has 0 aliphatic carbocycles. The fourth-order valence-electron chi connectivity index (χ4n) is 3.29. The summed E-state index contributed by atoms with van der Waals surface area (Å²) in [6.07, 6.45) is 6.83. The maximum Gasteiger partial charge on any atom is 0.328 e. The Bertz CT molecular complexity index is 345. The molecule has 2 rings (SSSR count). The van der Waals surface area contributed by atoms with Crippen LogP contribution >= 0.6 is 0 Å². The van der Waals surface area contributed by atoms with E-state index in [1.165, 1.54) is 0 Å². The Morgan fingerprint density at radius 1 is 1.56 bits per heavy atom. The van der Waals surface area contributed by atoms with Gasteiger partial charge in [-0.3, -0.25) is 4.90 Å². The first-order chi connectivity index (χ1) is 8.42. The quantitative estimate of drug-likeness (QED) is 0.437. The summed E-state index contributed by atoms with van der Waals surface area (Å²) >= 11 is 0. The fraction of sp³-hybridized carbons (Fsp3) is 0.800. The molecule has 2 aliphatic rings. The molecule has 102 valence electrons. The van der Waals surface area contributed by atoms with Crippen LogP contribution in [0.15, 0.2) is 12.7 Å². The molecule has 0 saturated carbocycles. The number of esters is 1. The SMILES string of the molecule is C=CCCC[C@@]12CCCN1[C@@H](C(C)(C)C)OC2=O. The average molecular weight is 251 g/mol. The summed E-state index contributed by atoms with van der Waals surface area (Å²) in [5.74, 6) is 0.00369. The van der Waals surface area contributed by atoms with E-state index < -0.39 is 0 Å². The molecule has 0 aromatic heterocycles. The standard InChI is InChI=1S/C15H25NO2/c1-5-6-7-9-15-10-8-11-16(15)12(14(2,3)4)18-13(15)17/h5,12H,1,6-11H2,2-4H3/t12-,15+/m1/s1. The number of rotatable bonds is 4. The molecule has 0 spiro atoms. The molecule has 2 saturated heterocycles. The molecule has 0 amide bonds. The number of unbranched alkanes of at least 4 members (excludes halogenated alkanes) is 1. The minimum absolute atomic E-state index is 0.00369. The molecule has 3 nitrogen and oxygen atoms in total. The summed E-state index contributed by atoms with van der Waals surface area (Å²) in [5, 5.41) is 0. The predicted molar refractivity (Wildman–Crippen MR) is 72.1 cm³/mol. The van der Waals surface area contributed by atoms with Crippen molar-refractivity contribution in [3.63, 3.8) is 0 Å². The maximum absolute atomic E-state index is 12.3. The number of hydrogen-bond donors (Lipinski definition) is 0. The van der Waals surface area contributed by atoms with Crippen LogP contribution in [0.4, 0.5) is 0 Å². The lowest BCUT2D eigenvalue weighted by molar-refractivity contribution is -0.149. The van der Waals surface area contributed by atoms with Crippen molar-refractivity contribution in [1.29, 1.82) is 0 Å². The number of carbonyl (C=O) groups is 1. The first-order valence-electron chi connectivity index (χ1n) is 7.00. The number of fused-ring (bicyclic) bond motifs is 1. The minimum atomic E-state index is -0.332. The molecule has 0 aromatic rings. The number of ether oxygens (including phenoxy) is 1. The Hall–Kier alpha value is -0.830. The Balaban J connectivity index is 2.18. The molecule has 18 heavy (non-hydrogen) atoms. The normalized spacial score (nSPS) is 32.4. The molecule has 2 aliphatic heterocycles. The Kier molecular flexibility index (Phi) is 3.54. The second-order valence-electron chi connectivity index (χ2n) is 6.63. The van der Waals surface area contributed by atoms with Gasteiger partial charge in [-0.15, -0.1) is 6.58 Å². The average Bonchev–Trinajstić information content (AvgIpc) is 2.78. The third kappa shape index (κ3) is 2.09. The zero-order chi connectivity index (χ0) is 13.4. The van der Waals surface area contributed by atoms with E-state index in [0.29, 0.717) is 0 Å². The van der Waals surface area contributed by atoms with Gasteiger partial charge in [-0.2, -0.15) is 0 Å². The van der Waals surface area contributed by atoms with Crippen molar-refractivity contribution in [2.75, 3.05) is 6.54 Å². The molecule has 0 N–H and O–H groups in total. The van der Waals surface area contributed by atoms with Gasteiger partial charge in [0, 0.05) is 12.0 Å². The van der Waals surface area contributed by atoms with Crippen molar-refractivity contribution in [2.24, 2.45) is 5.41 Å². The van der Waals surface area contributed by atoms with Crippen LogP contribution < -0.4 is 0 Å². The maximum atomic E-state index is 12.3. The number of nitrogens with zero attached hydrogens (tertiary/aromatic N) is 1. The molecular weight excluding hydrogens is 226 g/mol. The lowest BCUT2D eigenvalue weighted by atomic mass is 9.88. The van der Waals surface area contributed by atoms with Gasteiger partial charge < -0.3 is 4.74 Å². The highest BCUT2D eigenvalue weighted by molar-refractivity contribution is 5.83. The van der Waals surface area contributed by atoms with Crippen LogP contribution in [0.25, 0.3) is 0 Å². The van der Waals surface area contributed by atoms with Crippen molar-refractivity contribution < 1.29 is 9.53 Å². The van der Waals surface area contributed by atoms with E-state index in [0.717, 1.165) is 38.6 Å². The first-order valence-corrected chi connectivity index (χ1v) is 7.00. The van der Waals surface area contributed by atoms with Crippen molar-refractivity contribution in [3.8, 4) is 0 Å². The van der Waals surface area contributed by atoms with Gasteiger partial charge in [0.05, 0.1) is 0 Å². The molecule has 0 unspecified atom stereocenters. The van der Waals surface area contributed by atoms with E-state index in [1.807, 2.05) is 6.08 Å². The lowest BCUT2D eigenvalue weighted by Crippen LogP contribution is -2.49. The monoisotopic (exact) mass is 251 g/mol. The highest BCUT2D eigenvalue weighted by Crippen LogP contribution is 2.46. The van der Waals surface area contributed by atoms with Crippen molar-refractivity contribution in [1.82, 2.24) is 4.90 Å². The second kappa shape index (κ2) is 4.69. The molecule has 3 heteroatoms. The summed E-state index contributed by atoms with van der Waals surface area (Å²) in [4.78, 5) is 14.7. The summed E-state index contributed by atoms with van der Waals surface area (Å²) in [6, 6.07) is 0. The van der Waals surface area contributed by atoms with E-state index in [1.54, 1.807) is 0 Å². The third-order valence-corrected chi connectivity index (χ3v) is 4.16. The van der Waals surface area contributed by atoms with E-state index in [2.05, 4.69) is 32.3 Å². The molecule has 0 aromatic carbocycles. The predicted octanol–water partition coefficient (Wildman–Crippen LogP) is 3.11. The van der Waals surface area contributed by atoms with Crippen molar-refractivity contribution in [3.05, 3.63) is 12.7 Å². The molecule has 2 fully saturated rings. The zero-order valence-electron chi connectivity index (χ0n) is 11.9. The number of hydrogen-bond acceptors (Lipinski definition) is 3. The third-order valence-electron chi connectivity index (χ3n) is 4.16.